The van der Waals surface area contributed by atoms with E-state index < -0.39 is 5.41 Å². The van der Waals surface area contributed by atoms with E-state index in [4.69, 9.17) is 16.3 Å². The van der Waals surface area contributed by atoms with Crippen LogP contribution < -0.4 is 0 Å². The molecule has 0 fully saturated rings. The van der Waals surface area contributed by atoms with Crippen molar-refractivity contribution in [3.63, 3.8) is 0 Å². The molecule has 23 heavy (non-hydrogen) atoms. The molecule has 0 atom stereocenters. The number of methoxy groups -OCH3 is 1. The summed E-state index contributed by atoms with van der Waals surface area (Å²) in [5.41, 5.74) is 2.96. The molecule has 0 radical (unpaired) electrons. The summed E-state index contributed by atoms with van der Waals surface area (Å²) in [6, 6.07) is 28.8. The van der Waals surface area contributed by atoms with Crippen LogP contribution in [-0.2, 0) is 10.2 Å². The van der Waals surface area contributed by atoms with Crippen molar-refractivity contribution in [2.24, 2.45) is 0 Å². The molecular weight excluding hydrogens is 304 g/mol. The van der Waals surface area contributed by atoms with Crippen LogP contribution in [0.4, 0.5) is 0 Å². The third-order valence-corrected chi connectivity index (χ3v) is 4.56. The minimum absolute atomic E-state index is 0.435. The van der Waals surface area contributed by atoms with Crippen LogP contribution in [0.3, 0.4) is 0 Å². The Balaban J connectivity index is 2.34. The van der Waals surface area contributed by atoms with Gasteiger partial charge in [0, 0.05) is 12.1 Å². The zero-order chi connectivity index (χ0) is 16.1. The highest BCUT2D eigenvalue weighted by molar-refractivity contribution is 6.31. The fraction of sp³-hybridized carbons (Fsp3) is 0.143. The molecule has 0 aliphatic carbocycles. The molecular formula is C21H19ClO. The molecule has 0 aliphatic heterocycles. The van der Waals surface area contributed by atoms with E-state index in [-0.39, 0.29) is 0 Å². The number of rotatable bonds is 5. The van der Waals surface area contributed by atoms with Crippen LogP contribution in [0, 0.1) is 0 Å². The first-order valence-electron chi connectivity index (χ1n) is 7.64. The van der Waals surface area contributed by atoms with E-state index in [1.165, 1.54) is 11.1 Å². The van der Waals surface area contributed by atoms with Gasteiger partial charge in [0.25, 0.3) is 0 Å². The maximum Gasteiger partial charge on any atom is 0.0699 e. The Morgan fingerprint density at radius 1 is 0.739 bits per heavy atom. The van der Waals surface area contributed by atoms with Gasteiger partial charge in [0.1, 0.15) is 0 Å². The predicted octanol–water partition coefficient (Wildman–Crippen LogP) is 5.32. The molecule has 0 saturated carbocycles. The van der Waals surface area contributed by atoms with Crippen molar-refractivity contribution < 1.29 is 4.74 Å². The summed E-state index contributed by atoms with van der Waals surface area (Å²) in [6.45, 7) is 0.519. The fourth-order valence-corrected chi connectivity index (χ4v) is 3.49. The Hall–Kier alpha value is -2.09. The summed E-state index contributed by atoms with van der Waals surface area (Å²) >= 11 is 6.59. The molecule has 0 heterocycles. The lowest BCUT2D eigenvalue weighted by atomic mass is 9.70. The topological polar surface area (TPSA) is 9.23 Å². The fourth-order valence-electron chi connectivity index (χ4n) is 3.19. The van der Waals surface area contributed by atoms with Gasteiger partial charge in [0.2, 0.25) is 0 Å². The van der Waals surface area contributed by atoms with Crippen molar-refractivity contribution in [1.82, 2.24) is 0 Å². The van der Waals surface area contributed by atoms with Crippen molar-refractivity contribution in [3.05, 3.63) is 107 Å². The Morgan fingerprint density at radius 2 is 1.22 bits per heavy atom. The van der Waals surface area contributed by atoms with Crippen molar-refractivity contribution in [2.75, 3.05) is 13.7 Å². The first kappa shape index (κ1) is 15.8. The molecule has 0 unspecified atom stereocenters. The second-order valence-corrected chi connectivity index (χ2v) is 5.96. The van der Waals surface area contributed by atoms with Gasteiger partial charge in [-0.15, -0.1) is 0 Å². The number of ether oxygens (including phenoxy) is 1. The van der Waals surface area contributed by atoms with E-state index in [1.807, 2.05) is 30.3 Å². The highest BCUT2D eigenvalue weighted by atomic mass is 35.5. The molecule has 2 heteroatoms. The molecule has 0 aromatic heterocycles. The molecule has 0 spiro atoms. The van der Waals surface area contributed by atoms with E-state index in [0.29, 0.717) is 6.61 Å². The van der Waals surface area contributed by atoms with E-state index in [0.717, 1.165) is 10.6 Å². The molecule has 0 saturated heterocycles. The lowest BCUT2D eigenvalue weighted by Gasteiger charge is -2.36. The maximum absolute atomic E-state index is 6.59. The Bertz CT molecular complexity index is 714. The number of hydrogen-bond donors (Lipinski definition) is 0. The normalized spacial score (nSPS) is 11.4. The van der Waals surface area contributed by atoms with Gasteiger partial charge in [0.05, 0.1) is 12.0 Å². The highest BCUT2D eigenvalue weighted by Crippen LogP contribution is 2.42. The Labute approximate surface area is 142 Å². The third kappa shape index (κ3) is 2.90. The smallest absolute Gasteiger partial charge is 0.0699 e. The van der Waals surface area contributed by atoms with Gasteiger partial charge in [-0.2, -0.15) is 0 Å². The second-order valence-electron chi connectivity index (χ2n) is 5.55. The van der Waals surface area contributed by atoms with Gasteiger partial charge in [0.15, 0.2) is 0 Å². The maximum atomic E-state index is 6.59. The number of hydrogen-bond acceptors (Lipinski definition) is 1. The van der Waals surface area contributed by atoms with Crippen molar-refractivity contribution in [3.8, 4) is 0 Å². The van der Waals surface area contributed by atoms with Crippen LogP contribution >= 0.6 is 11.6 Å². The first-order chi connectivity index (χ1) is 11.3. The molecule has 0 amide bonds. The second kappa shape index (κ2) is 6.99. The zero-order valence-corrected chi connectivity index (χ0v) is 13.8. The van der Waals surface area contributed by atoms with Gasteiger partial charge >= 0.3 is 0 Å². The number of halogens is 1. The average Bonchev–Trinajstić information content (AvgIpc) is 2.62. The zero-order valence-electron chi connectivity index (χ0n) is 13.1. The SMILES string of the molecule is COCC(c1ccccc1)(c1ccccc1)c1ccccc1Cl. The van der Waals surface area contributed by atoms with Gasteiger partial charge in [-0.1, -0.05) is 90.5 Å². The average molecular weight is 323 g/mol. The standard InChI is InChI=1S/C21H19ClO/c1-23-16-21(17-10-4-2-5-11-17,18-12-6-3-7-13-18)19-14-8-9-15-20(19)22/h2-15H,16H2,1H3. The van der Waals surface area contributed by atoms with Crippen LogP contribution in [0.2, 0.25) is 5.02 Å². The van der Waals surface area contributed by atoms with Crippen molar-refractivity contribution in [2.45, 2.75) is 5.41 Å². The minimum Gasteiger partial charge on any atom is -0.383 e. The largest absolute Gasteiger partial charge is 0.383 e. The summed E-state index contributed by atoms with van der Waals surface area (Å²) in [5.74, 6) is 0. The molecule has 0 N–H and O–H groups in total. The summed E-state index contributed by atoms with van der Waals surface area (Å²) in [5, 5.41) is 0.747. The van der Waals surface area contributed by atoms with Gasteiger partial charge < -0.3 is 4.74 Å². The summed E-state index contributed by atoms with van der Waals surface area (Å²) in [6.07, 6.45) is 0. The lowest BCUT2D eigenvalue weighted by molar-refractivity contribution is 0.163. The van der Waals surface area contributed by atoms with Crippen molar-refractivity contribution >= 4 is 11.6 Å². The van der Waals surface area contributed by atoms with Gasteiger partial charge in [-0.05, 0) is 22.8 Å². The Morgan fingerprint density at radius 3 is 1.70 bits per heavy atom. The molecule has 3 rings (SSSR count). The van der Waals surface area contributed by atoms with Crippen molar-refractivity contribution in [1.29, 1.82) is 0 Å². The molecule has 116 valence electrons. The minimum atomic E-state index is -0.435. The first-order valence-corrected chi connectivity index (χ1v) is 8.02. The molecule has 0 aliphatic rings. The van der Waals surface area contributed by atoms with E-state index >= 15 is 0 Å². The quantitative estimate of drug-likeness (QED) is 0.578. The highest BCUT2D eigenvalue weighted by Gasteiger charge is 2.37. The summed E-state index contributed by atoms with van der Waals surface area (Å²) in [4.78, 5) is 0. The molecule has 3 aromatic carbocycles. The third-order valence-electron chi connectivity index (χ3n) is 4.23. The van der Waals surface area contributed by atoms with E-state index in [1.54, 1.807) is 7.11 Å². The van der Waals surface area contributed by atoms with Crippen LogP contribution in [0.5, 0.6) is 0 Å². The van der Waals surface area contributed by atoms with Gasteiger partial charge in [-0.25, -0.2) is 0 Å². The molecule has 3 aromatic rings. The van der Waals surface area contributed by atoms with Crippen LogP contribution in [0.1, 0.15) is 16.7 Å². The lowest BCUT2D eigenvalue weighted by Crippen LogP contribution is -2.34. The summed E-state index contributed by atoms with van der Waals surface area (Å²) < 4.78 is 5.67. The van der Waals surface area contributed by atoms with E-state index in [2.05, 4.69) is 54.6 Å². The number of benzene rings is 3. The van der Waals surface area contributed by atoms with Crippen LogP contribution in [0.15, 0.2) is 84.9 Å². The summed E-state index contributed by atoms with van der Waals surface area (Å²) in [7, 11) is 1.73. The Kier molecular flexibility index (Phi) is 4.80. The van der Waals surface area contributed by atoms with Crippen LogP contribution in [-0.4, -0.2) is 13.7 Å². The van der Waals surface area contributed by atoms with Gasteiger partial charge in [-0.3, -0.25) is 0 Å². The monoisotopic (exact) mass is 322 g/mol. The molecule has 0 bridgehead atoms. The predicted molar refractivity (Wildman–Crippen MR) is 96.1 cm³/mol. The van der Waals surface area contributed by atoms with E-state index in [9.17, 15) is 0 Å². The molecule has 1 nitrogen and oxygen atoms in total. The van der Waals surface area contributed by atoms with Crippen LogP contribution in [0.25, 0.3) is 0 Å².